The van der Waals surface area contributed by atoms with Crippen molar-refractivity contribution in [3.8, 4) is 0 Å². The summed E-state index contributed by atoms with van der Waals surface area (Å²) in [5.74, 6) is 0. The molecule has 0 unspecified atom stereocenters. The molecule has 0 aromatic heterocycles. The molecular formula is C17H26N4O3. The van der Waals surface area contributed by atoms with Crippen molar-refractivity contribution in [3.63, 3.8) is 0 Å². The molecule has 2 N–H and O–H groups in total. The Morgan fingerprint density at radius 3 is 2.46 bits per heavy atom. The largest absolute Gasteiger partial charge is 0.453 e. The fourth-order valence-corrected chi connectivity index (χ4v) is 2.75. The van der Waals surface area contributed by atoms with E-state index in [4.69, 9.17) is 4.74 Å². The van der Waals surface area contributed by atoms with Gasteiger partial charge in [-0.25, -0.2) is 9.59 Å². The van der Waals surface area contributed by atoms with Crippen molar-refractivity contribution >= 4 is 23.5 Å². The zero-order valence-corrected chi connectivity index (χ0v) is 14.8. The van der Waals surface area contributed by atoms with E-state index < -0.39 is 0 Å². The minimum absolute atomic E-state index is 0.0623. The fourth-order valence-electron chi connectivity index (χ4n) is 2.75. The van der Waals surface area contributed by atoms with Gasteiger partial charge in [0.1, 0.15) is 0 Å². The summed E-state index contributed by atoms with van der Waals surface area (Å²) in [7, 11) is 5.34. The summed E-state index contributed by atoms with van der Waals surface area (Å²) in [4.78, 5) is 27.3. The smallest absolute Gasteiger partial charge is 0.409 e. The van der Waals surface area contributed by atoms with Gasteiger partial charge in [0.2, 0.25) is 0 Å². The molecule has 0 aliphatic carbocycles. The molecule has 1 aliphatic rings. The summed E-state index contributed by atoms with van der Waals surface area (Å²) in [6.07, 6.45) is 1.14. The minimum Gasteiger partial charge on any atom is -0.453 e. The molecule has 3 amide bonds. The van der Waals surface area contributed by atoms with Gasteiger partial charge >= 0.3 is 12.1 Å². The number of nitrogens with one attached hydrogen (secondary N) is 2. The molecule has 24 heavy (non-hydrogen) atoms. The first-order chi connectivity index (χ1) is 11.4. The van der Waals surface area contributed by atoms with Gasteiger partial charge in [0.15, 0.2) is 0 Å². The number of hydrogen-bond donors (Lipinski definition) is 2. The van der Waals surface area contributed by atoms with E-state index in [0.717, 1.165) is 29.8 Å². The first-order valence-corrected chi connectivity index (χ1v) is 8.09. The molecule has 1 aliphatic heterocycles. The van der Waals surface area contributed by atoms with Crippen LogP contribution in [0.5, 0.6) is 0 Å². The zero-order chi connectivity index (χ0) is 17.7. The molecular weight excluding hydrogens is 308 g/mol. The van der Waals surface area contributed by atoms with Crippen molar-refractivity contribution in [2.75, 3.05) is 44.5 Å². The Morgan fingerprint density at radius 2 is 1.92 bits per heavy atom. The highest BCUT2D eigenvalue weighted by Crippen LogP contribution is 2.21. The molecule has 132 valence electrons. The van der Waals surface area contributed by atoms with Crippen LogP contribution in [-0.4, -0.2) is 57.4 Å². The molecule has 0 saturated carbocycles. The number of anilines is 2. The van der Waals surface area contributed by atoms with Crippen LogP contribution in [0, 0.1) is 6.92 Å². The van der Waals surface area contributed by atoms with Crippen molar-refractivity contribution in [1.29, 1.82) is 0 Å². The van der Waals surface area contributed by atoms with Gasteiger partial charge < -0.3 is 25.2 Å². The van der Waals surface area contributed by atoms with E-state index >= 15 is 0 Å². The number of ether oxygens (including phenoxy) is 1. The molecule has 7 nitrogen and oxygen atoms in total. The second kappa shape index (κ2) is 7.90. The Bertz CT molecular complexity index is 595. The average molecular weight is 334 g/mol. The van der Waals surface area contributed by atoms with E-state index in [1.807, 2.05) is 44.1 Å². The molecule has 7 heteroatoms. The summed E-state index contributed by atoms with van der Waals surface area (Å²) < 4.78 is 4.71. The lowest BCUT2D eigenvalue weighted by Gasteiger charge is -2.31. The van der Waals surface area contributed by atoms with E-state index in [-0.39, 0.29) is 18.2 Å². The molecule has 0 atom stereocenters. The van der Waals surface area contributed by atoms with E-state index in [9.17, 15) is 9.59 Å². The van der Waals surface area contributed by atoms with E-state index in [1.165, 1.54) is 7.11 Å². The number of piperidine rings is 1. The van der Waals surface area contributed by atoms with Crippen LogP contribution in [0.15, 0.2) is 18.2 Å². The molecule has 1 fully saturated rings. The molecule has 1 aromatic rings. The van der Waals surface area contributed by atoms with Crippen LogP contribution in [-0.2, 0) is 4.74 Å². The van der Waals surface area contributed by atoms with Crippen molar-refractivity contribution < 1.29 is 14.3 Å². The van der Waals surface area contributed by atoms with Gasteiger partial charge in [0.05, 0.1) is 7.11 Å². The number of urea groups is 1. The second-order valence-corrected chi connectivity index (χ2v) is 6.22. The lowest BCUT2D eigenvalue weighted by Crippen LogP contribution is -2.47. The third kappa shape index (κ3) is 4.53. The number of carbonyl (C=O) groups excluding carboxylic acids is 2. The summed E-state index contributed by atoms with van der Waals surface area (Å²) in [5, 5.41) is 5.87. The summed E-state index contributed by atoms with van der Waals surface area (Å²) in [6, 6.07) is 5.76. The number of benzene rings is 1. The first kappa shape index (κ1) is 17.9. The van der Waals surface area contributed by atoms with Gasteiger partial charge in [-0.3, -0.25) is 0 Å². The van der Waals surface area contributed by atoms with Gasteiger partial charge in [-0.15, -0.1) is 0 Å². The van der Waals surface area contributed by atoms with Gasteiger partial charge in [-0.2, -0.15) is 0 Å². The monoisotopic (exact) mass is 334 g/mol. The van der Waals surface area contributed by atoms with Crippen LogP contribution >= 0.6 is 0 Å². The predicted octanol–water partition coefficient (Wildman–Crippen LogP) is 2.41. The lowest BCUT2D eigenvalue weighted by molar-refractivity contribution is 0.110. The normalized spacial score (nSPS) is 14.9. The Hall–Kier alpha value is -2.44. The fraction of sp³-hybridized carbons (Fsp3) is 0.529. The highest BCUT2D eigenvalue weighted by atomic mass is 16.5. The maximum Gasteiger partial charge on any atom is 0.409 e. The number of methoxy groups -OCH3 is 1. The molecule has 1 heterocycles. The van der Waals surface area contributed by atoms with Crippen LogP contribution in [0.3, 0.4) is 0 Å². The molecule has 0 bridgehead atoms. The van der Waals surface area contributed by atoms with Crippen molar-refractivity contribution in [3.05, 3.63) is 23.8 Å². The summed E-state index contributed by atoms with van der Waals surface area (Å²) >= 11 is 0. The van der Waals surface area contributed by atoms with Crippen molar-refractivity contribution in [2.45, 2.75) is 25.8 Å². The average Bonchev–Trinajstić information content (AvgIpc) is 2.56. The molecule has 0 radical (unpaired) electrons. The van der Waals surface area contributed by atoms with E-state index in [2.05, 4.69) is 10.6 Å². The maximum absolute atomic E-state index is 12.2. The van der Waals surface area contributed by atoms with Crippen LogP contribution < -0.4 is 15.5 Å². The van der Waals surface area contributed by atoms with Crippen molar-refractivity contribution in [1.82, 2.24) is 10.2 Å². The Labute approximate surface area is 142 Å². The third-order valence-corrected chi connectivity index (χ3v) is 4.24. The van der Waals surface area contributed by atoms with Crippen LogP contribution in [0.2, 0.25) is 0 Å². The number of rotatable bonds is 3. The van der Waals surface area contributed by atoms with E-state index in [0.29, 0.717) is 13.1 Å². The number of likely N-dealkylation sites (tertiary alicyclic amines) is 1. The lowest BCUT2D eigenvalue weighted by atomic mass is 10.1. The highest BCUT2D eigenvalue weighted by Gasteiger charge is 2.24. The van der Waals surface area contributed by atoms with Crippen LogP contribution in [0.25, 0.3) is 0 Å². The quantitative estimate of drug-likeness (QED) is 0.890. The number of aryl methyl sites for hydroxylation is 1. The molecule has 2 rings (SSSR count). The Balaban J connectivity index is 1.85. The molecule has 1 saturated heterocycles. The van der Waals surface area contributed by atoms with Gasteiger partial charge in [0, 0.05) is 44.6 Å². The highest BCUT2D eigenvalue weighted by molar-refractivity contribution is 5.90. The number of carbonyl (C=O) groups is 2. The first-order valence-electron chi connectivity index (χ1n) is 8.09. The maximum atomic E-state index is 12.2. The number of nitrogens with zero attached hydrogens (tertiary/aromatic N) is 2. The predicted molar refractivity (Wildman–Crippen MR) is 94.7 cm³/mol. The molecule has 1 aromatic carbocycles. The number of hydrogen-bond acceptors (Lipinski definition) is 4. The van der Waals surface area contributed by atoms with Crippen LogP contribution in [0.4, 0.5) is 21.0 Å². The standard InChI is InChI=1S/C17H26N4O3/c1-12-11-14(20(2)3)5-6-15(12)19-16(22)18-13-7-9-21(10-8-13)17(23)24-4/h5-6,11,13H,7-10H2,1-4H3,(H2,18,19,22). The zero-order valence-electron chi connectivity index (χ0n) is 14.8. The third-order valence-electron chi connectivity index (χ3n) is 4.24. The Kier molecular flexibility index (Phi) is 5.89. The van der Waals surface area contributed by atoms with Gasteiger partial charge in [-0.1, -0.05) is 0 Å². The van der Waals surface area contributed by atoms with Gasteiger partial charge in [0.25, 0.3) is 0 Å². The van der Waals surface area contributed by atoms with Crippen molar-refractivity contribution in [2.24, 2.45) is 0 Å². The topological polar surface area (TPSA) is 73.9 Å². The number of amides is 3. The molecule has 0 spiro atoms. The second-order valence-electron chi connectivity index (χ2n) is 6.22. The Morgan fingerprint density at radius 1 is 1.25 bits per heavy atom. The van der Waals surface area contributed by atoms with E-state index in [1.54, 1.807) is 4.90 Å². The summed E-state index contributed by atoms with van der Waals surface area (Å²) in [6.45, 7) is 3.15. The van der Waals surface area contributed by atoms with Gasteiger partial charge in [-0.05, 0) is 43.5 Å². The summed E-state index contributed by atoms with van der Waals surface area (Å²) in [5.41, 5.74) is 2.90. The SMILES string of the molecule is COC(=O)N1CCC(NC(=O)Nc2ccc(N(C)C)cc2C)CC1. The minimum atomic E-state index is -0.311. The van der Waals surface area contributed by atoms with Crippen LogP contribution in [0.1, 0.15) is 18.4 Å².